The van der Waals surface area contributed by atoms with Gasteiger partial charge in [0.25, 0.3) is 5.91 Å². The fraction of sp³-hybridized carbons (Fsp3) is 0.579. The molecule has 0 spiro atoms. The zero-order valence-electron chi connectivity index (χ0n) is 15.8. The Morgan fingerprint density at radius 3 is 2.50 bits per heavy atom. The highest BCUT2D eigenvalue weighted by atomic mass is 32.2. The molecule has 7 heteroatoms. The lowest BCUT2D eigenvalue weighted by atomic mass is 10.0. The minimum Gasteiger partial charge on any atom is -0.452 e. The van der Waals surface area contributed by atoms with E-state index in [9.17, 15) is 18.0 Å². The van der Waals surface area contributed by atoms with Gasteiger partial charge in [-0.1, -0.05) is 18.2 Å². The number of aryl methyl sites for hydroxylation is 2. The molecule has 1 heterocycles. The highest BCUT2D eigenvalue weighted by Crippen LogP contribution is 2.19. The van der Waals surface area contributed by atoms with Crippen molar-refractivity contribution in [3.63, 3.8) is 0 Å². The van der Waals surface area contributed by atoms with E-state index in [1.165, 1.54) is 11.8 Å². The number of sulfone groups is 1. The van der Waals surface area contributed by atoms with E-state index in [1.54, 1.807) is 6.92 Å². The Morgan fingerprint density at radius 1 is 1.27 bits per heavy atom. The Labute approximate surface area is 155 Å². The monoisotopic (exact) mass is 381 g/mol. The van der Waals surface area contributed by atoms with Gasteiger partial charge in [-0.15, -0.1) is 0 Å². The van der Waals surface area contributed by atoms with Crippen LogP contribution in [0.25, 0.3) is 0 Å². The molecule has 1 saturated heterocycles. The molecule has 0 radical (unpaired) electrons. The summed E-state index contributed by atoms with van der Waals surface area (Å²) in [4.78, 5) is 26.3. The molecule has 1 aliphatic rings. The van der Waals surface area contributed by atoms with E-state index >= 15 is 0 Å². The van der Waals surface area contributed by atoms with E-state index in [2.05, 4.69) is 0 Å². The lowest BCUT2D eigenvalue weighted by Gasteiger charge is -2.29. The van der Waals surface area contributed by atoms with Crippen LogP contribution in [0.1, 0.15) is 37.0 Å². The van der Waals surface area contributed by atoms with E-state index in [4.69, 9.17) is 4.74 Å². The molecule has 6 nitrogen and oxygen atoms in total. The number of carbonyl (C=O) groups excluding carboxylic acids is 2. The van der Waals surface area contributed by atoms with Crippen molar-refractivity contribution < 1.29 is 22.7 Å². The van der Waals surface area contributed by atoms with Crippen LogP contribution < -0.4 is 0 Å². The first kappa shape index (κ1) is 20.4. The molecule has 0 N–H and O–H groups in total. The molecule has 0 unspecified atom stereocenters. The Bertz CT molecular complexity index is 787. The summed E-state index contributed by atoms with van der Waals surface area (Å²) in [6.07, 6.45) is -0.397. The Morgan fingerprint density at radius 2 is 1.96 bits per heavy atom. The third-order valence-electron chi connectivity index (χ3n) is 4.85. The quantitative estimate of drug-likeness (QED) is 0.702. The molecule has 144 valence electrons. The van der Waals surface area contributed by atoms with Crippen LogP contribution >= 0.6 is 0 Å². The zero-order chi connectivity index (χ0) is 19.5. The van der Waals surface area contributed by atoms with Gasteiger partial charge in [0, 0.05) is 12.6 Å². The number of ether oxygens (including phenoxy) is 1. The summed E-state index contributed by atoms with van der Waals surface area (Å²) in [6, 6.07) is 5.42. The summed E-state index contributed by atoms with van der Waals surface area (Å²) < 4.78 is 28.6. The average molecular weight is 381 g/mol. The van der Waals surface area contributed by atoms with Crippen molar-refractivity contribution >= 4 is 21.7 Å². The Kier molecular flexibility index (Phi) is 6.44. The van der Waals surface area contributed by atoms with Crippen LogP contribution in [0.4, 0.5) is 0 Å². The minimum atomic E-state index is -3.08. The molecule has 1 aliphatic heterocycles. The number of esters is 1. The van der Waals surface area contributed by atoms with Crippen molar-refractivity contribution in [1.82, 2.24) is 4.90 Å². The molecular formula is C19H27NO5S. The largest absolute Gasteiger partial charge is 0.452 e. The maximum absolute atomic E-state index is 12.6. The molecule has 1 aromatic rings. The summed E-state index contributed by atoms with van der Waals surface area (Å²) in [5, 5.41) is 0. The maximum Gasteiger partial charge on any atom is 0.311 e. The van der Waals surface area contributed by atoms with Gasteiger partial charge in [0.2, 0.25) is 0 Å². The van der Waals surface area contributed by atoms with Gasteiger partial charge in [0.1, 0.15) is 0 Å². The third kappa shape index (κ3) is 5.06. The van der Waals surface area contributed by atoms with E-state index in [0.29, 0.717) is 13.0 Å². The number of amides is 1. The van der Waals surface area contributed by atoms with Crippen molar-refractivity contribution in [2.24, 2.45) is 0 Å². The number of hydrogen-bond acceptors (Lipinski definition) is 5. The first-order valence-corrected chi connectivity index (χ1v) is 10.7. The lowest BCUT2D eigenvalue weighted by molar-refractivity contribution is -0.159. The van der Waals surface area contributed by atoms with Crippen LogP contribution in [0.5, 0.6) is 0 Å². The average Bonchev–Trinajstić information content (AvgIpc) is 2.91. The molecular weight excluding hydrogens is 354 g/mol. The Hall–Kier alpha value is -1.89. The molecule has 26 heavy (non-hydrogen) atoms. The van der Waals surface area contributed by atoms with E-state index in [1.807, 2.05) is 32.0 Å². The summed E-state index contributed by atoms with van der Waals surface area (Å²) in [5.41, 5.74) is 3.08. The second-order valence-corrected chi connectivity index (χ2v) is 9.14. The Balaban J connectivity index is 1.96. The van der Waals surface area contributed by atoms with Crippen LogP contribution in [0.2, 0.25) is 0 Å². The second-order valence-electron chi connectivity index (χ2n) is 6.91. The summed E-state index contributed by atoms with van der Waals surface area (Å²) in [6.45, 7) is 7.70. The summed E-state index contributed by atoms with van der Waals surface area (Å²) in [5.74, 6) is -0.731. The number of rotatable bonds is 6. The smallest absolute Gasteiger partial charge is 0.311 e. The van der Waals surface area contributed by atoms with Crippen LogP contribution in [0.3, 0.4) is 0 Å². The fourth-order valence-electron chi connectivity index (χ4n) is 3.22. The van der Waals surface area contributed by atoms with Gasteiger partial charge in [-0.05, 0) is 50.8 Å². The standard InChI is InChI=1S/C19H27NO5S/c1-5-20(17-8-9-26(23,24)12-17)19(22)15(4)25-18(21)11-16-7-6-13(2)14(3)10-16/h6-7,10,15,17H,5,8-9,11-12H2,1-4H3/t15-,17-/m0/s1. The molecule has 1 aromatic carbocycles. The molecule has 2 atom stereocenters. The van der Waals surface area contributed by atoms with Gasteiger partial charge >= 0.3 is 5.97 Å². The van der Waals surface area contributed by atoms with Gasteiger partial charge < -0.3 is 9.64 Å². The van der Waals surface area contributed by atoms with Crippen LogP contribution in [-0.4, -0.2) is 55.4 Å². The number of carbonyl (C=O) groups is 2. The summed E-state index contributed by atoms with van der Waals surface area (Å²) >= 11 is 0. The van der Waals surface area contributed by atoms with Crippen molar-refractivity contribution in [2.75, 3.05) is 18.1 Å². The van der Waals surface area contributed by atoms with Crippen molar-refractivity contribution in [1.29, 1.82) is 0 Å². The first-order chi connectivity index (χ1) is 12.1. The number of benzene rings is 1. The SMILES string of the molecule is CCN(C(=O)[C@H](C)OC(=O)Cc1ccc(C)c(C)c1)[C@H]1CCS(=O)(=O)C1. The van der Waals surface area contributed by atoms with E-state index in [-0.39, 0.29) is 29.9 Å². The molecule has 0 bridgehead atoms. The van der Waals surface area contributed by atoms with Crippen LogP contribution in [0, 0.1) is 13.8 Å². The van der Waals surface area contributed by atoms with E-state index < -0.39 is 21.9 Å². The van der Waals surface area contributed by atoms with Crippen LogP contribution in [-0.2, 0) is 30.6 Å². The molecule has 0 aliphatic carbocycles. The normalized spacial score (nSPS) is 19.8. The minimum absolute atomic E-state index is 0.0180. The summed E-state index contributed by atoms with van der Waals surface area (Å²) in [7, 11) is -3.08. The predicted octanol–water partition coefficient (Wildman–Crippen LogP) is 1.81. The molecule has 1 amide bonds. The second kappa shape index (κ2) is 8.20. The third-order valence-corrected chi connectivity index (χ3v) is 6.60. The fourth-order valence-corrected chi connectivity index (χ4v) is 4.95. The van der Waals surface area contributed by atoms with Crippen LogP contribution in [0.15, 0.2) is 18.2 Å². The van der Waals surface area contributed by atoms with E-state index in [0.717, 1.165) is 16.7 Å². The molecule has 0 saturated carbocycles. The number of hydrogen-bond donors (Lipinski definition) is 0. The lowest BCUT2D eigenvalue weighted by Crippen LogP contribution is -2.46. The van der Waals surface area contributed by atoms with Gasteiger partial charge in [-0.3, -0.25) is 9.59 Å². The maximum atomic E-state index is 12.6. The highest BCUT2D eigenvalue weighted by molar-refractivity contribution is 7.91. The topological polar surface area (TPSA) is 80.8 Å². The molecule has 2 rings (SSSR count). The van der Waals surface area contributed by atoms with Crippen molar-refractivity contribution in [3.8, 4) is 0 Å². The van der Waals surface area contributed by atoms with Crippen molar-refractivity contribution in [2.45, 2.75) is 52.7 Å². The van der Waals surface area contributed by atoms with Gasteiger partial charge in [0.15, 0.2) is 15.9 Å². The van der Waals surface area contributed by atoms with Gasteiger partial charge in [-0.25, -0.2) is 8.42 Å². The molecule has 1 fully saturated rings. The van der Waals surface area contributed by atoms with Crippen molar-refractivity contribution in [3.05, 3.63) is 34.9 Å². The first-order valence-electron chi connectivity index (χ1n) is 8.89. The highest BCUT2D eigenvalue weighted by Gasteiger charge is 2.36. The van der Waals surface area contributed by atoms with Gasteiger partial charge in [0.05, 0.1) is 17.9 Å². The number of likely N-dealkylation sites (N-methyl/N-ethyl adjacent to an activating group) is 1. The van der Waals surface area contributed by atoms with Gasteiger partial charge in [-0.2, -0.15) is 0 Å². The number of nitrogens with zero attached hydrogens (tertiary/aromatic N) is 1. The predicted molar refractivity (Wildman–Crippen MR) is 99.6 cm³/mol. The molecule has 0 aromatic heterocycles. The zero-order valence-corrected chi connectivity index (χ0v) is 16.6.